The van der Waals surface area contributed by atoms with Crippen molar-refractivity contribution in [2.75, 3.05) is 31.3 Å². The Morgan fingerprint density at radius 2 is 1.30 bits per heavy atom. The van der Waals surface area contributed by atoms with Gasteiger partial charge in [-0.3, -0.25) is 14.2 Å². The molecule has 0 saturated carbocycles. The molecule has 0 atom stereocenters. The highest BCUT2D eigenvalue weighted by Crippen LogP contribution is 2.48. The van der Waals surface area contributed by atoms with Gasteiger partial charge in [-0.05, 0) is 75.2 Å². The summed E-state index contributed by atoms with van der Waals surface area (Å²) >= 11 is 29.3. The molecule has 284 valence electrons. The molecule has 2 aromatic heterocycles. The van der Waals surface area contributed by atoms with Crippen molar-refractivity contribution in [2.45, 2.75) is 40.5 Å². The molecule has 0 bridgehead atoms. The number of aromatic nitrogens is 2. The van der Waals surface area contributed by atoms with E-state index in [1.807, 2.05) is 32.9 Å². The Balaban J connectivity index is 0.000000195. The molecule has 0 spiro atoms. The molecule has 0 aliphatic carbocycles. The third-order valence-corrected chi connectivity index (χ3v) is 10.7. The molecule has 0 radical (unpaired) electrons. The average Bonchev–Trinajstić information content (AvgIpc) is 3.73. The smallest absolute Gasteiger partial charge is 0.330 e. The van der Waals surface area contributed by atoms with Crippen LogP contribution in [0, 0.1) is 0 Å². The number of amides is 1. The van der Waals surface area contributed by atoms with Gasteiger partial charge >= 0.3 is 13.6 Å². The monoisotopic (exact) mass is 843 g/mol. The van der Waals surface area contributed by atoms with Crippen LogP contribution < -0.4 is 5.32 Å². The molecule has 16 heteroatoms. The van der Waals surface area contributed by atoms with Crippen molar-refractivity contribution in [3.05, 3.63) is 103 Å². The van der Waals surface area contributed by atoms with Gasteiger partial charge in [0.2, 0.25) is 5.91 Å². The molecular weight excluding hydrogens is 807 g/mol. The van der Waals surface area contributed by atoms with Gasteiger partial charge in [-0.15, -0.1) is 0 Å². The molecule has 1 amide bonds. The minimum Gasteiger partial charge on any atom is -0.463 e. The molecule has 3 heterocycles. The van der Waals surface area contributed by atoms with Crippen LogP contribution in [0.2, 0.25) is 25.4 Å². The third kappa shape index (κ3) is 13.2. The van der Waals surface area contributed by atoms with E-state index in [-0.39, 0.29) is 5.91 Å². The number of ether oxygens (including phenoxy) is 1. The number of rotatable bonds is 10. The fourth-order valence-electron chi connectivity index (χ4n) is 4.96. The number of hydrogen-bond donors (Lipinski definition) is 3. The second-order valence-corrected chi connectivity index (χ2v) is 15.2. The van der Waals surface area contributed by atoms with E-state index in [0.29, 0.717) is 63.3 Å². The Hall–Kier alpha value is -3.31. The number of anilines is 1. The van der Waals surface area contributed by atoms with E-state index in [4.69, 9.17) is 71.8 Å². The maximum absolute atomic E-state index is 11.6. The number of benzene rings is 3. The van der Waals surface area contributed by atoms with Crippen molar-refractivity contribution in [1.82, 2.24) is 9.97 Å². The first-order chi connectivity index (χ1) is 25.3. The molecule has 3 aromatic carbocycles. The molecule has 6 rings (SSSR count). The normalized spacial score (nSPS) is 11.9. The molecule has 3 N–H and O–H groups in total. The average molecular weight is 846 g/mol. The van der Waals surface area contributed by atoms with Crippen LogP contribution in [0.25, 0.3) is 27.9 Å². The first-order valence-electron chi connectivity index (χ1n) is 16.5. The number of aromatic amines is 2. The fourth-order valence-corrected chi connectivity index (χ4v) is 7.66. The van der Waals surface area contributed by atoms with E-state index in [9.17, 15) is 18.9 Å². The van der Waals surface area contributed by atoms with Gasteiger partial charge in [-0.1, -0.05) is 83.1 Å². The lowest BCUT2D eigenvalue weighted by molar-refractivity contribution is -0.137. The number of carbonyl (C=O) groups excluding carboxylic acids is 3. The molecule has 5 aromatic rings. The van der Waals surface area contributed by atoms with Crippen LogP contribution in [-0.2, 0) is 34.4 Å². The van der Waals surface area contributed by atoms with Gasteiger partial charge in [0, 0.05) is 60.4 Å². The predicted molar refractivity (Wildman–Crippen MR) is 217 cm³/mol. The highest BCUT2D eigenvalue weighted by atomic mass is 35.5. The topological polar surface area (TPSA) is 140 Å². The van der Waals surface area contributed by atoms with Crippen LogP contribution in [0.3, 0.4) is 0 Å². The van der Waals surface area contributed by atoms with E-state index in [1.165, 1.54) is 6.08 Å². The van der Waals surface area contributed by atoms with E-state index in [2.05, 4.69) is 15.3 Å². The molecule has 1 aliphatic heterocycles. The van der Waals surface area contributed by atoms with E-state index < -0.39 is 13.6 Å². The summed E-state index contributed by atoms with van der Waals surface area (Å²) in [6.07, 6.45) is 5.55. The number of H-pyrrole nitrogens is 2. The van der Waals surface area contributed by atoms with Crippen LogP contribution in [0.4, 0.5) is 5.69 Å². The van der Waals surface area contributed by atoms with Gasteiger partial charge in [0.15, 0.2) is 6.29 Å². The first-order valence-corrected chi connectivity index (χ1v) is 20.1. The Bertz CT molecular complexity index is 2090. The van der Waals surface area contributed by atoms with Crippen LogP contribution in [0.5, 0.6) is 0 Å². The lowest BCUT2D eigenvalue weighted by atomic mass is 10.1. The summed E-state index contributed by atoms with van der Waals surface area (Å²) in [6, 6.07) is 16.1. The number of nitrogens with one attached hydrogen (secondary N) is 3. The van der Waals surface area contributed by atoms with E-state index in [1.54, 1.807) is 55.5 Å². The molecule has 10 nitrogen and oxygen atoms in total. The lowest BCUT2D eigenvalue weighted by Crippen LogP contribution is -2.03. The van der Waals surface area contributed by atoms with Crippen LogP contribution in [0.15, 0.2) is 60.7 Å². The summed E-state index contributed by atoms with van der Waals surface area (Å²) in [6.45, 7) is 8.62. The van der Waals surface area contributed by atoms with Crippen molar-refractivity contribution in [3.8, 4) is 0 Å². The predicted octanol–water partition coefficient (Wildman–Crippen LogP) is 11.8. The summed E-state index contributed by atoms with van der Waals surface area (Å²) in [7, 11) is -2.72. The SMILES string of the molecule is CCCP(=O)(OCC)OCC.CCOC(=O)/C=C/c1c(Cl)[nH]c2cc(Cl)ccc12.O=C1Cc2ccc(Cl)cc2N1.O=Cc1c(Cl)[nH]c2cc(Cl)ccc12. The first kappa shape index (κ1) is 44.1. The maximum atomic E-state index is 11.6. The maximum Gasteiger partial charge on any atom is 0.330 e. The summed E-state index contributed by atoms with van der Waals surface area (Å²) in [4.78, 5) is 38.6. The number of halogens is 5. The van der Waals surface area contributed by atoms with Crippen molar-refractivity contribution >= 4 is 117 Å². The van der Waals surface area contributed by atoms with Crippen LogP contribution >= 0.6 is 65.6 Å². The molecule has 0 fully saturated rings. The van der Waals surface area contributed by atoms with Crippen molar-refractivity contribution in [3.63, 3.8) is 0 Å². The quantitative estimate of drug-likeness (QED) is 0.0550. The van der Waals surface area contributed by atoms with Gasteiger partial charge in [0.1, 0.15) is 10.3 Å². The second kappa shape index (κ2) is 21.5. The lowest BCUT2D eigenvalue weighted by Gasteiger charge is -2.15. The standard InChI is InChI=1S/C13H11Cl2NO2.C9H5Cl2NO.C8H6ClNO.C7H17O3P/c1-2-18-12(17)6-5-10-9-4-3-8(14)7-11(9)16-13(10)15;10-5-1-2-6-7(4-13)9(11)12-8(6)3-5;9-6-2-1-5-3-8(11)10-7(5)4-6;1-4-7-11(8,9-5-2)10-6-3/h3-7,16H,2H2,1H3;1-4,12H;1-2,4H,3H2,(H,10,11);4-7H2,1-3H3/b6-5+;;;. The number of hydrogen-bond acceptors (Lipinski definition) is 7. The third-order valence-electron chi connectivity index (χ3n) is 7.14. The van der Waals surface area contributed by atoms with Gasteiger partial charge in [-0.2, -0.15) is 0 Å². The van der Waals surface area contributed by atoms with Crippen molar-refractivity contribution in [2.24, 2.45) is 0 Å². The summed E-state index contributed by atoms with van der Waals surface area (Å²) in [5.41, 5.74) is 4.71. The molecule has 1 aliphatic rings. The summed E-state index contributed by atoms with van der Waals surface area (Å²) in [5.74, 6) is -0.348. The minimum atomic E-state index is -2.72. The second-order valence-electron chi connectivity index (χ2n) is 11.0. The Morgan fingerprint density at radius 1 is 0.774 bits per heavy atom. The summed E-state index contributed by atoms with van der Waals surface area (Å²) in [5, 5.41) is 7.14. The van der Waals surface area contributed by atoms with Crippen LogP contribution in [-0.4, -0.2) is 54.1 Å². The minimum absolute atomic E-state index is 0.0438. The number of carbonyl (C=O) groups is 3. The van der Waals surface area contributed by atoms with Crippen molar-refractivity contribution in [1.29, 1.82) is 0 Å². The van der Waals surface area contributed by atoms with E-state index >= 15 is 0 Å². The van der Waals surface area contributed by atoms with Gasteiger partial charge in [0.25, 0.3) is 0 Å². The number of fused-ring (bicyclic) bond motifs is 3. The highest BCUT2D eigenvalue weighted by molar-refractivity contribution is 7.53. The number of aldehydes is 1. The van der Waals surface area contributed by atoms with Crippen molar-refractivity contribution < 1.29 is 32.7 Å². The van der Waals surface area contributed by atoms with Gasteiger partial charge < -0.3 is 29.1 Å². The van der Waals surface area contributed by atoms with Gasteiger partial charge in [-0.25, -0.2) is 4.79 Å². The van der Waals surface area contributed by atoms with Crippen LogP contribution in [0.1, 0.15) is 55.6 Å². The molecule has 0 unspecified atom stereocenters. The van der Waals surface area contributed by atoms with Gasteiger partial charge in [0.05, 0.1) is 31.8 Å². The Morgan fingerprint density at radius 3 is 1.83 bits per heavy atom. The summed E-state index contributed by atoms with van der Waals surface area (Å²) < 4.78 is 26.5. The fraction of sp³-hybridized carbons (Fsp3) is 0.270. The molecule has 53 heavy (non-hydrogen) atoms. The Kier molecular flexibility index (Phi) is 17.9. The number of esters is 1. The Labute approximate surface area is 332 Å². The van der Waals surface area contributed by atoms with E-state index in [0.717, 1.165) is 51.3 Å². The largest absolute Gasteiger partial charge is 0.463 e. The zero-order chi connectivity index (χ0) is 39.1. The highest BCUT2D eigenvalue weighted by Gasteiger charge is 2.21. The molecule has 0 saturated heterocycles. The molecular formula is C37H39Cl5N3O7P. The zero-order valence-electron chi connectivity index (χ0n) is 29.4. The zero-order valence-corrected chi connectivity index (χ0v) is 34.0.